The summed E-state index contributed by atoms with van der Waals surface area (Å²) in [6.07, 6.45) is 1.50. The standard InChI is InChI=1S/C20H31N3O3S/c1-16(2)21-11-13-22(14-12-21)20(24)18-5-4-10-23(15-18)27(25,26)19-8-6-17(3)7-9-19/h6-9,16,18H,4-5,10-15H2,1-3H3. The predicted molar refractivity (Wildman–Crippen MR) is 106 cm³/mol. The molecule has 2 saturated heterocycles. The molecular formula is C20H31N3O3S. The number of carbonyl (C=O) groups excluding carboxylic acids is 1. The third-order valence-corrected chi connectivity index (χ3v) is 7.63. The van der Waals surface area contributed by atoms with E-state index in [1.54, 1.807) is 12.1 Å². The third-order valence-electron chi connectivity index (χ3n) is 5.75. The molecule has 0 N–H and O–H groups in total. The number of hydrogen-bond acceptors (Lipinski definition) is 4. The van der Waals surface area contributed by atoms with Crippen molar-refractivity contribution in [2.45, 2.75) is 44.6 Å². The molecule has 2 heterocycles. The number of sulfonamides is 1. The average Bonchev–Trinajstić information content (AvgIpc) is 2.68. The minimum absolute atomic E-state index is 0.113. The van der Waals surface area contributed by atoms with Crippen LogP contribution in [0.1, 0.15) is 32.3 Å². The van der Waals surface area contributed by atoms with Crippen LogP contribution in [0.3, 0.4) is 0 Å². The molecule has 1 unspecified atom stereocenters. The van der Waals surface area contributed by atoms with E-state index in [4.69, 9.17) is 0 Å². The van der Waals surface area contributed by atoms with Crippen LogP contribution in [-0.2, 0) is 14.8 Å². The lowest BCUT2D eigenvalue weighted by atomic mass is 9.97. The second-order valence-corrected chi connectivity index (χ2v) is 9.91. The number of carbonyl (C=O) groups is 1. The van der Waals surface area contributed by atoms with Crippen LogP contribution in [0.4, 0.5) is 0 Å². The lowest BCUT2D eigenvalue weighted by Gasteiger charge is -2.40. The van der Waals surface area contributed by atoms with E-state index < -0.39 is 10.0 Å². The third kappa shape index (κ3) is 4.52. The topological polar surface area (TPSA) is 60.9 Å². The zero-order valence-electron chi connectivity index (χ0n) is 16.6. The molecule has 2 aliphatic heterocycles. The van der Waals surface area contributed by atoms with Crippen molar-refractivity contribution in [1.29, 1.82) is 0 Å². The maximum absolute atomic E-state index is 13.0. The molecule has 0 saturated carbocycles. The molecule has 1 atom stereocenters. The van der Waals surface area contributed by atoms with Crippen LogP contribution < -0.4 is 0 Å². The number of benzene rings is 1. The summed E-state index contributed by atoms with van der Waals surface area (Å²) < 4.78 is 27.4. The average molecular weight is 394 g/mol. The van der Waals surface area contributed by atoms with Gasteiger partial charge in [0.15, 0.2) is 0 Å². The molecule has 2 aliphatic rings. The van der Waals surface area contributed by atoms with Crippen molar-refractivity contribution in [3.63, 3.8) is 0 Å². The lowest BCUT2D eigenvalue weighted by molar-refractivity contribution is -0.138. The zero-order chi connectivity index (χ0) is 19.6. The smallest absolute Gasteiger partial charge is 0.243 e. The maximum atomic E-state index is 13.0. The van der Waals surface area contributed by atoms with Crippen molar-refractivity contribution in [2.75, 3.05) is 39.3 Å². The van der Waals surface area contributed by atoms with E-state index in [0.29, 0.717) is 24.0 Å². The highest BCUT2D eigenvalue weighted by Crippen LogP contribution is 2.25. The molecule has 0 radical (unpaired) electrons. The minimum Gasteiger partial charge on any atom is -0.340 e. The van der Waals surface area contributed by atoms with E-state index in [0.717, 1.165) is 44.6 Å². The Hall–Kier alpha value is -1.44. The van der Waals surface area contributed by atoms with Crippen LogP contribution in [-0.4, -0.2) is 73.7 Å². The van der Waals surface area contributed by atoms with Gasteiger partial charge in [-0.15, -0.1) is 0 Å². The zero-order valence-corrected chi connectivity index (χ0v) is 17.4. The molecule has 0 aliphatic carbocycles. The van der Waals surface area contributed by atoms with Crippen molar-refractivity contribution in [1.82, 2.24) is 14.1 Å². The van der Waals surface area contributed by atoms with Gasteiger partial charge in [0.05, 0.1) is 10.8 Å². The van der Waals surface area contributed by atoms with Crippen molar-refractivity contribution in [3.8, 4) is 0 Å². The van der Waals surface area contributed by atoms with Gasteiger partial charge in [-0.2, -0.15) is 4.31 Å². The first-order chi connectivity index (χ1) is 12.8. The van der Waals surface area contributed by atoms with Gasteiger partial charge in [0.1, 0.15) is 0 Å². The van der Waals surface area contributed by atoms with Gasteiger partial charge in [0.2, 0.25) is 15.9 Å². The summed E-state index contributed by atoms with van der Waals surface area (Å²) >= 11 is 0. The maximum Gasteiger partial charge on any atom is 0.243 e. The van der Waals surface area contributed by atoms with Gasteiger partial charge in [-0.25, -0.2) is 8.42 Å². The Morgan fingerprint density at radius 2 is 1.67 bits per heavy atom. The highest BCUT2D eigenvalue weighted by molar-refractivity contribution is 7.89. The Balaban J connectivity index is 1.65. The van der Waals surface area contributed by atoms with E-state index in [1.165, 1.54) is 4.31 Å². The quantitative estimate of drug-likeness (QED) is 0.784. The normalized spacial score (nSPS) is 23.0. The molecule has 6 nitrogen and oxygen atoms in total. The van der Waals surface area contributed by atoms with E-state index in [9.17, 15) is 13.2 Å². The van der Waals surface area contributed by atoms with Gasteiger partial charge in [0, 0.05) is 45.3 Å². The van der Waals surface area contributed by atoms with Crippen molar-refractivity contribution in [2.24, 2.45) is 5.92 Å². The number of piperazine rings is 1. The number of rotatable bonds is 4. The first-order valence-electron chi connectivity index (χ1n) is 9.88. The summed E-state index contributed by atoms with van der Waals surface area (Å²) in [7, 11) is -3.54. The fraction of sp³-hybridized carbons (Fsp3) is 0.650. The Kier molecular flexibility index (Phi) is 6.23. The van der Waals surface area contributed by atoms with E-state index in [2.05, 4.69) is 18.7 Å². The Bertz CT molecular complexity index is 753. The molecule has 1 aromatic rings. The van der Waals surface area contributed by atoms with Gasteiger partial charge in [-0.1, -0.05) is 17.7 Å². The van der Waals surface area contributed by atoms with Crippen LogP contribution >= 0.6 is 0 Å². The molecule has 2 fully saturated rings. The van der Waals surface area contributed by atoms with Gasteiger partial charge >= 0.3 is 0 Å². The van der Waals surface area contributed by atoms with Crippen molar-refractivity contribution < 1.29 is 13.2 Å². The Morgan fingerprint density at radius 1 is 1.04 bits per heavy atom. The second kappa shape index (κ2) is 8.29. The van der Waals surface area contributed by atoms with E-state index in [1.807, 2.05) is 24.0 Å². The summed E-state index contributed by atoms with van der Waals surface area (Å²) in [6, 6.07) is 7.43. The molecule has 150 valence electrons. The molecule has 0 bridgehead atoms. The molecule has 1 aromatic carbocycles. The van der Waals surface area contributed by atoms with Gasteiger partial charge < -0.3 is 4.90 Å². The van der Waals surface area contributed by atoms with E-state index in [-0.39, 0.29) is 11.8 Å². The summed E-state index contributed by atoms with van der Waals surface area (Å²) in [6.45, 7) is 10.3. The molecule has 3 rings (SSSR count). The van der Waals surface area contributed by atoms with E-state index >= 15 is 0 Å². The number of piperidine rings is 1. The fourth-order valence-corrected chi connectivity index (χ4v) is 5.46. The molecule has 7 heteroatoms. The van der Waals surface area contributed by atoms with Crippen LogP contribution in [0.15, 0.2) is 29.2 Å². The molecule has 1 amide bonds. The van der Waals surface area contributed by atoms with Crippen molar-refractivity contribution in [3.05, 3.63) is 29.8 Å². The Labute approximate surface area is 163 Å². The second-order valence-electron chi connectivity index (χ2n) is 7.97. The summed E-state index contributed by atoms with van der Waals surface area (Å²) in [5.74, 6) is -0.119. The van der Waals surface area contributed by atoms with Gasteiger partial charge in [0.25, 0.3) is 0 Å². The predicted octanol–water partition coefficient (Wildman–Crippen LogP) is 1.95. The Morgan fingerprint density at radius 3 is 2.26 bits per heavy atom. The van der Waals surface area contributed by atoms with Crippen molar-refractivity contribution >= 4 is 15.9 Å². The summed E-state index contributed by atoms with van der Waals surface area (Å²) in [5, 5.41) is 0. The van der Waals surface area contributed by atoms with Gasteiger partial charge in [-0.05, 0) is 45.7 Å². The minimum atomic E-state index is -3.54. The van der Waals surface area contributed by atoms with Crippen LogP contribution in [0.25, 0.3) is 0 Å². The number of hydrogen-bond donors (Lipinski definition) is 0. The summed E-state index contributed by atoms with van der Waals surface area (Å²) in [5.41, 5.74) is 1.03. The fourth-order valence-electron chi connectivity index (χ4n) is 3.94. The van der Waals surface area contributed by atoms with Crippen LogP contribution in [0.2, 0.25) is 0 Å². The number of nitrogens with zero attached hydrogens (tertiary/aromatic N) is 3. The molecule has 27 heavy (non-hydrogen) atoms. The highest BCUT2D eigenvalue weighted by Gasteiger charge is 2.35. The SMILES string of the molecule is Cc1ccc(S(=O)(=O)N2CCCC(C(=O)N3CCN(C(C)C)CC3)C2)cc1. The summed E-state index contributed by atoms with van der Waals surface area (Å²) in [4.78, 5) is 17.6. The number of aryl methyl sites for hydroxylation is 1. The first-order valence-corrected chi connectivity index (χ1v) is 11.3. The molecular weight excluding hydrogens is 362 g/mol. The molecule has 0 spiro atoms. The highest BCUT2D eigenvalue weighted by atomic mass is 32.2. The lowest BCUT2D eigenvalue weighted by Crippen LogP contribution is -2.54. The van der Waals surface area contributed by atoms with Gasteiger partial charge in [-0.3, -0.25) is 9.69 Å². The largest absolute Gasteiger partial charge is 0.340 e. The first kappa shape index (κ1) is 20.3. The van der Waals surface area contributed by atoms with Crippen LogP contribution in [0.5, 0.6) is 0 Å². The van der Waals surface area contributed by atoms with Crippen LogP contribution in [0, 0.1) is 12.8 Å². The number of amides is 1. The monoisotopic (exact) mass is 393 g/mol. The molecule has 0 aromatic heterocycles.